The molecular formula is C30H27O4P. The van der Waals surface area contributed by atoms with Crippen LogP contribution < -0.4 is 13.6 Å². The molecule has 0 bridgehead atoms. The van der Waals surface area contributed by atoms with Crippen LogP contribution in [-0.4, -0.2) is 0 Å². The van der Waals surface area contributed by atoms with Crippen LogP contribution in [-0.2, 0) is 9.98 Å². The van der Waals surface area contributed by atoms with Crippen molar-refractivity contribution in [2.45, 2.75) is 26.2 Å². The van der Waals surface area contributed by atoms with Crippen molar-refractivity contribution in [2.75, 3.05) is 0 Å². The van der Waals surface area contributed by atoms with Crippen molar-refractivity contribution >= 4 is 29.4 Å². The van der Waals surface area contributed by atoms with Gasteiger partial charge in [-0.05, 0) is 46.0 Å². The van der Waals surface area contributed by atoms with E-state index in [1.54, 1.807) is 24.3 Å². The number of rotatable bonds is 6. The maximum absolute atomic E-state index is 14.2. The highest BCUT2D eigenvalue weighted by Crippen LogP contribution is 2.52. The Morgan fingerprint density at radius 1 is 0.543 bits per heavy atom. The van der Waals surface area contributed by atoms with Gasteiger partial charge in [-0.2, -0.15) is 4.57 Å². The molecular weight excluding hydrogens is 455 g/mol. The van der Waals surface area contributed by atoms with Gasteiger partial charge in [-0.1, -0.05) is 106 Å². The molecule has 0 atom stereocenters. The summed E-state index contributed by atoms with van der Waals surface area (Å²) in [5, 5.41) is 3.58. The van der Waals surface area contributed by atoms with Gasteiger partial charge in [0, 0.05) is 10.8 Å². The summed E-state index contributed by atoms with van der Waals surface area (Å²) in [5.41, 5.74) is 1.13. The smallest absolute Gasteiger partial charge is 0.386 e. The summed E-state index contributed by atoms with van der Waals surface area (Å²) in [6.07, 6.45) is 0. The van der Waals surface area contributed by atoms with Gasteiger partial charge in [-0.3, -0.25) is 0 Å². The maximum atomic E-state index is 14.2. The van der Waals surface area contributed by atoms with Crippen LogP contribution in [0.5, 0.6) is 17.2 Å². The fourth-order valence-electron chi connectivity index (χ4n) is 3.99. The predicted octanol–water partition coefficient (Wildman–Crippen LogP) is 8.94. The second-order valence-corrected chi connectivity index (χ2v) is 10.9. The molecule has 5 aromatic rings. The molecule has 0 radical (unpaired) electrons. The Balaban J connectivity index is 1.55. The minimum Gasteiger partial charge on any atom is -0.386 e. The number of fused-ring (bicyclic) bond motifs is 2. The van der Waals surface area contributed by atoms with Crippen LogP contribution >= 0.6 is 7.82 Å². The average molecular weight is 483 g/mol. The Morgan fingerprint density at radius 3 is 1.49 bits per heavy atom. The Kier molecular flexibility index (Phi) is 6.00. The largest absolute Gasteiger partial charge is 0.647 e. The number of hydrogen-bond acceptors (Lipinski definition) is 4. The molecule has 0 aliphatic carbocycles. The van der Waals surface area contributed by atoms with E-state index in [1.807, 2.05) is 84.9 Å². The molecule has 176 valence electrons. The highest BCUT2D eigenvalue weighted by atomic mass is 31.2. The lowest BCUT2D eigenvalue weighted by Gasteiger charge is -2.22. The zero-order valence-electron chi connectivity index (χ0n) is 20.0. The van der Waals surface area contributed by atoms with Crippen LogP contribution in [0.25, 0.3) is 21.5 Å². The van der Waals surface area contributed by atoms with Crippen LogP contribution in [0.1, 0.15) is 26.3 Å². The third-order valence-corrected chi connectivity index (χ3v) is 7.13. The van der Waals surface area contributed by atoms with Crippen molar-refractivity contribution in [1.82, 2.24) is 0 Å². The van der Waals surface area contributed by atoms with E-state index in [0.29, 0.717) is 17.2 Å². The van der Waals surface area contributed by atoms with E-state index in [0.717, 1.165) is 27.1 Å². The first-order valence-electron chi connectivity index (χ1n) is 11.6. The molecule has 0 spiro atoms. The molecule has 4 nitrogen and oxygen atoms in total. The summed E-state index contributed by atoms with van der Waals surface area (Å²) < 4.78 is 32.4. The zero-order chi connectivity index (χ0) is 24.5. The molecule has 0 fully saturated rings. The molecule has 35 heavy (non-hydrogen) atoms. The highest BCUT2D eigenvalue weighted by Gasteiger charge is 2.34. The van der Waals surface area contributed by atoms with Crippen LogP contribution in [0.2, 0.25) is 0 Å². The SMILES string of the molecule is CC(C)(C)c1ccc(OP(=O)(Oc2cccc3ccccc23)Oc2cccc3ccccc23)cc1. The second kappa shape index (κ2) is 9.13. The summed E-state index contributed by atoms with van der Waals surface area (Å²) >= 11 is 0. The summed E-state index contributed by atoms with van der Waals surface area (Å²) in [7, 11) is -4.15. The van der Waals surface area contributed by atoms with Gasteiger partial charge in [0.2, 0.25) is 0 Å². The number of benzene rings is 5. The highest BCUT2D eigenvalue weighted by molar-refractivity contribution is 7.49. The normalized spacial score (nSPS) is 12.0. The Hall–Kier alpha value is -3.75. The van der Waals surface area contributed by atoms with Gasteiger partial charge in [0.05, 0.1) is 0 Å². The zero-order valence-corrected chi connectivity index (χ0v) is 20.9. The van der Waals surface area contributed by atoms with Gasteiger partial charge in [0.1, 0.15) is 17.2 Å². The molecule has 5 heteroatoms. The summed E-state index contributed by atoms with van der Waals surface area (Å²) in [6.45, 7) is 6.42. The molecule has 0 amide bonds. The van der Waals surface area contributed by atoms with Crippen molar-refractivity contribution < 1.29 is 18.1 Å². The van der Waals surface area contributed by atoms with E-state index < -0.39 is 7.82 Å². The van der Waals surface area contributed by atoms with E-state index in [-0.39, 0.29) is 5.41 Å². The summed E-state index contributed by atoms with van der Waals surface area (Å²) in [6, 6.07) is 34.3. The molecule has 0 aliphatic rings. The number of hydrogen-bond donors (Lipinski definition) is 0. The summed E-state index contributed by atoms with van der Waals surface area (Å²) in [5.74, 6) is 1.26. The second-order valence-electron chi connectivity index (χ2n) is 9.45. The van der Waals surface area contributed by atoms with Gasteiger partial charge in [0.15, 0.2) is 0 Å². The number of phosphoric ester groups is 1. The topological polar surface area (TPSA) is 44.8 Å². The standard InChI is InChI=1S/C30H27O4P/c1-30(2,3)24-18-20-25(21-19-24)32-35(31,33-28-16-8-12-22-10-4-6-14-26(22)28)34-29-17-9-13-23-11-5-7-15-27(23)29/h4-21H,1-3H3. The number of phosphoric acid groups is 1. The lowest BCUT2D eigenvalue weighted by atomic mass is 9.87. The van der Waals surface area contributed by atoms with E-state index in [1.165, 1.54) is 0 Å². The van der Waals surface area contributed by atoms with Gasteiger partial charge in [0.25, 0.3) is 0 Å². The molecule has 0 aliphatic heterocycles. The summed E-state index contributed by atoms with van der Waals surface area (Å²) in [4.78, 5) is 0. The van der Waals surface area contributed by atoms with Crippen LogP contribution in [0.3, 0.4) is 0 Å². The lowest BCUT2D eigenvalue weighted by Crippen LogP contribution is -2.11. The van der Waals surface area contributed by atoms with Crippen LogP contribution in [0.4, 0.5) is 0 Å². The average Bonchev–Trinajstić information content (AvgIpc) is 2.84. The van der Waals surface area contributed by atoms with Crippen molar-refractivity contribution in [1.29, 1.82) is 0 Å². The molecule has 0 N–H and O–H groups in total. The first kappa shape index (κ1) is 23.0. The first-order chi connectivity index (χ1) is 16.8. The van der Waals surface area contributed by atoms with Gasteiger partial charge >= 0.3 is 7.82 Å². The van der Waals surface area contributed by atoms with Crippen LogP contribution in [0, 0.1) is 0 Å². The third-order valence-electron chi connectivity index (χ3n) is 5.86. The Bertz CT molecular complexity index is 1440. The molecule has 0 saturated heterocycles. The monoisotopic (exact) mass is 482 g/mol. The van der Waals surface area contributed by atoms with Gasteiger partial charge < -0.3 is 13.6 Å². The fourth-order valence-corrected chi connectivity index (χ4v) is 5.28. The van der Waals surface area contributed by atoms with E-state index >= 15 is 0 Å². The molecule has 5 rings (SSSR count). The fraction of sp³-hybridized carbons (Fsp3) is 0.133. The van der Waals surface area contributed by atoms with Crippen molar-refractivity contribution in [2.24, 2.45) is 0 Å². The first-order valence-corrected chi connectivity index (χ1v) is 13.0. The third kappa shape index (κ3) is 5.03. The molecule has 0 heterocycles. The lowest BCUT2D eigenvalue weighted by molar-refractivity contribution is 0.300. The Labute approximate surface area is 205 Å². The van der Waals surface area contributed by atoms with E-state index in [4.69, 9.17) is 13.6 Å². The Morgan fingerprint density at radius 2 is 1.00 bits per heavy atom. The van der Waals surface area contributed by atoms with Gasteiger partial charge in [-0.15, -0.1) is 0 Å². The maximum Gasteiger partial charge on any atom is 0.647 e. The van der Waals surface area contributed by atoms with Crippen LogP contribution in [0.15, 0.2) is 109 Å². The van der Waals surface area contributed by atoms with Crippen molar-refractivity contribution in [3.05, 3.63) is 115 Å². The molecule has 0 aromatic heterocycles. The van der Waals surface area contributed by atoms with Crippen molar-refractivity contribution in [3.8, 4) is 17.2 Å². The molecule has 0 saturated carbocycles. The van der Waals surface area contributed by atoms with Gasteiger partial charge in [-0.25, -0.2) is 0 Å². The van der Waals surface area contributed by atoms with E-state index in [9.17, 15) is 4.57 Å². The minimum absolute atomic E-state index is 0.0128. The predicted molar refractivity (Wildman–Crippen MR) is 143 cm³/mol. The van der Waals surface area contributed by atoms with E-state index in [2.05, 4.69) is 20.8 Å². The van der Waals surface area contributed by atoms with Crippen molar-refractivity contribution in [3.63, 3.8) is 0 Å². The molecule has 0 unspecified atom stereocenters. The molecule has 5 aromatic carbocycles. The quantitative estimate of drug-likeness (QED) is 0.227. The minimum atomic E-state index is -4.15.